The van der Waals surface area contributed by atoms with Crippen molar-refractivity contribution in [3.05, 3.63) is 6.42 Å². The zero-order valence-electron chi connectivity index (χ0n) is 4.68. The lowest BCUT2D eigenvalue weighted by atomic mass is 10.3. The van der Waals surface area contributed by atoms with E-state index in [-0.39, 0.29) is 5.25 Å². The molecule has 7 heavy (non-hydrogen) atoms. The molecule has 1 unspecified atom stereocenters. The van der Waals surface area contributed by atoms with Crippen LogP contribution < -0.4 is 0 Å². The molecule has 0 rings (SSSR count). The van der Waals surface area contributed by atoms with E-state index in [0.29, 0.717) is 11.7 Å². The quantitative estimate of drug-likeness (QED) is 0.512. The normalized spacial score (nSPS) is 9.57. The van der Waals surface area contributed by atoms with Crippen LogP contribution in [0, 0.1) is 6.42 Å². The van der Waals surface area contributed by atoms with Gasteiger partial charge in [-0.2, -0.15) is 0 Å². The van der Waals surface area contributed by atoms with E-state index in [4.69, 9.17) is 0 Å². The molecule has 0 saturated heterocycles. The number of hydrogen-bond donors (Lipinski definition) is 0. The fourth-order valence-electron chi connectivity index (χ4n) is 0.359. The molecule has 0 aromatic carbocycles. The van der Waals surface area contributed by atoms with E-state index in [9.17, 15) is 4.21 Å². The van der Waals surface area contributed by atoms with Gasteiger partial charge in [-0.3, -0.25) is 0 Å². The third-order valence-corrected chi connectivity index (χ3v) is 1.75. The van der Waals surface area contributed by atoms with Crippen molar-refractivity contribution < 1.29 is 4.21 Å². The molecule has 0 heterocycles. The van der Waals surface area contributed by atoms with E-state index < -0.39 is 0 Å². The molecule has 0 saturated carbocycles. The molecule has 0 amide bonds. The van der Waals surface area contributed by atoms with Crippen molar-refractivity contribution >= 4 is 11.7 Å². The molecule has 0 aliphatic heterocycles. The minimum Gasteiger partial charge on any atom is -0.0598 e. The summed E-state index contributed by atoms with van der Waals surface area (Å²) >= 11 is 0.664. The second kappa shape index (κ2) is 4.19. The molecular formula is C5H10OS+. The van der Waals surface area contributed by atoms with Crippen LogP contribution in [0.25, 0.3) is 0 Å². The maximum atomic E-state index is 9.98. The molecular weight excluding hydrogens is 108 g/mol. The maximum absolute atomic E-state index is 9.98. The Labute approximate surface area is 48.6 Å². The van der Waals surface area contributed by atoms with E-state index in [1.807, 2.05) is 20.3 Å². The SMILES string of the molecule is C[CH]C(CC)[S+]=O. The highest BCUT2D eigenvalue weighted by Gasteiger charge is 2.14. The van der Waals surface area contributed by atoms with Crippen LogP contribution in [0.15, 0.2) is 0 Å². The van der Waals surface area contributed by atoms with Crippen LogP contribution in [-0.4, -0.2) is 5.25 Å². The van der Waals surface area contributed by atoms with Gasteiger partial charge in [0.1, 0.15) is 0 Å². The Balaban J connectivity index is 3.16. The standard InChI is InChI=1S/C5H10OS/c1-3-5(4-2)7-6/h3,5H,4H2,1-2H3/q+1. The van der Waals surface area contributed by atoms with Gasteiger partial charge in [0.05, 0.1) is 0 Å². The first-order valence-electron chi connectivity index (χ1n) is 2.43. The van der Waals surface area contributed by atoms with Crippen molar-refractivity contribution in [3.8, 4) is 0 Å². The van der Waals surface area contributed by atoms with Crippen LogP contribution in [0.5, 0.6) is 0 Å². The van der Waals surface area contributed by atoms with E-state index >= 15 is 0 Å². The summed E-state index contributed by atoms with van der Waals surface area (Å²) in [6, 6.07) is 0. The summed E-state index contributed by atoms with van der Waals surface area (Å²) in [6.07, 6.45) is 2.88. The highest BCUT2D eigenvalue weighted by Crippen LogP contribution is 1.95. The molecule has 0 spiro atoms. The van der Waals surface area contributed by atoms with Crippen LogP contribution in [0.1, 0.15) is 20.3 Å². The zero-order valence-corrected chi connectivity index (χ0v) is 5.49. The minimum atomic E-state index is 0.222. The van der Waals surface area contributed by atoms with E-state index in [1.165, 1.54) is 0 Å². The molecule has 1 nitrogen and oxygen atoms in total. The highest BCUT2D eigenvalue weighted by atomic mass is 32.1. The molecule has 0 aliphatic carbocycles. The third-order valence-electron chi connectivity index (χ3n) is 0.898. The van der Waals surface area contributed by atoms with Crippen LogP contribution in [-0.2, 0) is 15.9 Å². The Kier molecular flexibility index (Phi) is 4.20. The molecule has 41 valence electrons. The smallest absolute Gasteiger partial charge is 0.0598 e. The van der Waals surface area contributed by atoms with Crippen molar-refractivity contribution in [1.29, 1.82) is 0 Å². The molecule has 0 fully saturated rings. The summed E-state index contributed by atoms with van der Waals surface area (Å²) in [5, 5.41) is 0.222. The van der Waals surface area contributed by atoms with Crippen molar-refractivity contribution in [2.75, 3.05) is 0 Å². The average Bonchev–Trinajstić information content (AvgIpc) is 1.72. The Hall–Kier alpha value is 0.0200. The summed E-state index contributed by atoms with van der Waals surface area (Å²) in [4.78, 5) is 0. The number of rotatable bonds is 3. The average molecular weight is 118 g/mol. The fraction of sp³-hybridized carbons (Fsp3) is 0.800. The Morgan fingerprint density at radius 2 is 2.43 bits per heavy atom. The van der Waals surface area contributed by atoms with Gasteiger partial charge < -0.3 is 0 Å². The van der Waals surface area contributed by atoms with Crippen molar-refractivity contribution in [3.63, 3.8) is 0 Å². The molecule has 0 aromatic rings. The summed E-state index contributed by atoms with van der Waals surface area (Å²) in [5.41, 5.74) is 0. The van der Waals surface area contributed by atoms with Gasteiger partial charge in [-0.15, -0.1) is 0 Å². The van der Waals surface area contributed by atoms with Gasteiger partial charge in [-0.1, -0.05) is 13.8 Å². The Morgan fingerprint density at radius 1 is 1.86 bits per heavy atom. The Morgan fingerprint density at radius 3 is 2.43 bits per heavy atom. The van der Waals surface area contributed by atoms with Crippen LogP contribution >= 0.6 is 0 Å². The molecule has 0 N–H and O–H groups in total. The third kappa shape index (κ3) is 2.68. The summed E-state index contributed by atoms with van der Waals surface area (Å²) in [5.74, 6) is 0. The minimum absolute atomic E-state index is 0.222. The summed E-state index contributed by atoms with van der Waals surface area (Å²) in [6.45, 7) is 3.93. The van der Waals surface area contributed by atoms with Gasteiger partial charge in [-0.25, -0.2) is 0 Å². The van der Waals surface area contributed by atoms with Crippen LogP contribution in [0.2, 0.25) is 0 Å². The molecule has 0 aliphatic rings. The van der Waals surface area contributed by atoms with Gasteiger partial charge in [0.2, 0.25) is 5.25 Å². The predicted octanol–water partition coefficient (Wildman–Crippen LogP) is 1.42. The van der Waals surface area contributed by atoms with Crippen molar-refractivity contribution in [1.82, 2.24) is 0 Å². The first kappa shape index (κ1) is 7.02. The lowest BCUT2D eigenvalue weighted by molar-refractivity contribution is 0.599. The lowest BCUT2D eigenvalue weighted by Gasteiger charge is -1.82. The molecule has 0 bridgehead atoms. The second-order valence-electron chi connectivity index (χ2n) is 1.38. The Bertz CT molecular complexity index is 50.0. The highest BCUT2D eigenvalue weighted by molar-refractivity contribution is 7.66. The fourth-order valence-corrected chi connectivity index (χ4v) is 0.606. The molecule has 2 heteroatoms. The number of hydrogen-bond acceptors (Lipinski definition) is 1. The predicted molar refractivity (Wildman–Crippen MR) is 32.1 cm³/mol. The van der Waals surface area contributed by atoms with Crippen LogP contribution in [0.3, 0.4) is 0 Å². The van der Waals surface area contributed by atoms with Gasteiger partial charge >= 0.3 is 11.7 Å². The second-order valence-corrected chi connectivity index (χ2v) is 2.17. The topological polar surface area (TPSA) is 17.1 Å². The van der Waals surface area contributed by atoms with Gasteiger partial charge in [0.25, 0.3) is 0 Å². The first-order chi connectivity index (χ1) is 3.35. The monoisotopic (exact) mass is 118 g/mol. The van der Waals surface area contributed by atoms with Crippen molar-refractivity contribution in [2.45, 2.75) is 25.5 Å². The zero-order chi connectivity index (χ0) is 5.70. The molecule has 0 aromatic heterocycles. The summed E-state index contributed by atoms with van der Waals surface area (Å²) in [7, 11) is 0. The van der Waals surface area contributed by atoms with Crippen molar-refractivity contribution in [2.24, 2.45) is 0 Å². The van der Waals surface area contributed by atoms with E-state index in [0.717, 1.165) is 6.42 Å². The van der Waals surface area contributed by atoms with Gasteiger partial charge in [0, 0.05) is 17.1 Å². The first-order valence-corrected chi connectivity index (χ1v) is 3.23. The maximum Gasteiger partial charge on any atom is 0.462 e. The van der Waals surface area contributed by atoms with Gasteiger partial charge in [0.15, 0.2) is 0 Å². The summed E-state index contributed by atoms with van der Waals surface area (Å²) < 4.78 is 9.98. The van der Waals surface area contributed by atoms with Crippen LogP contribution in [0.4, 0.5) is 0 Å². The van der Waals surface area contributed by atoms with E-state index in [2.05, 4.69) is 0 Å². The van der Waals surface area contributed by atoms with Gasteiger partial charge in [-0.05, 0) is 0 Å². The van der Waals surface area contributed by atoms with E-state index in [1.54, 1.807) is 0 Å². The molecule has 1 atom stereocenters. The lowest BCUT2D eigenvalue weighted by Crippen LogP contribution is -2.00. The molecule has 1 radical (unpaired) electrons. The largest absolute Gasteiger partial charge is 0.462 e.